The maximum Gasteiger partial charge on any atom is 0.340 e. The largest absolute Gasteiger partial charge is 0.480 e. The molecule has 0 bridgehead atoms. The monoisotopic (exact) mass is 442 g/mol. The number of hydrazine groups is 1. The first-order valence-electron chi connectivity index (χ1n) is 9.92. The van der Waals surface area contributed by atoms with Crippen LogP contribution in [0, 0.1) is 5.92 Å². The molecule has 0 aliphatic heterocycles. The molecule has 0 saturated heterocycles. The number of aryl methyl sites for hydroxylation is 1. The average Bonchev–Trinajstić information content (AvgIpc) is 2.66. The van der Waals surface area contributed by atoms with Crippen LogP contribution >= 0.6 is 7.60 Å². The van der Waals surface area contributed by atoms with Gasteiger partial charge < -0.3 is 14.2 Å². The Kier molecular flexibility index (Phi) is 11.3. The van der Waals surface area contributed by atoms with Crippen LogP contribution in [0.4, 0.5) is 0 Å². The molecule has 1 aromatic rings. The van der Waals surface area contributed by atoms with Gasteiger partial charge in [0.05, 0.1) is 13.2 Å². The Balaban J connectivity index is 2.67. The summed E-state index contributed by atoms with van der Waals surface area (Å²) in [5, 5.41) is 9.83. The number of carboxylic acids is 1. The van der Waals surface area contributed by atoms with Crippen molar-refractivity contribution in [2.75, 3.05) is 25.9 Å². The van der Waals surface area contributed by atoms with Crippen molar-refractivity contribution in [1.82, 2.24) is 10.4 Å². The van der Waals surface area contributed by atoms with Crippen LogP contribution in [0.3, 0.4) is 0 Å². The van der Waals surface area contributed by atoms with E-state index in [9.17, 15) is 18.9 Å². The maximum absolute atomic E-state index is 12.6. The third kappa shape index (κ3) is 10.0. The molecule has 0 fully saturated rings. The number of carboxylic acid groups (broad SMARTS) is 1. The summed E-state index contributed by atoms with van der Waals surface area (Å²) < 4.78 is 22.6. The van der Waals surface area contributed by atoms with Crippen LogP contribution in [0.15, 0.2) is 30.3 Å². The predicted molar refractivity (Wildman–Crippen MR) is 112 cm³/mol. The molecule has 9 nitrogen and oxygen atoms in total. The van der Waals surface area contributed by atoms with Gasteiger partial charge in [-0.25, -0.2) is 5.01 Å². The third-order valence-corrected chi connectivity index (χ3v) is 6.11. The highest BCUT2D eigenvalue weighted by Crippen LogP contribution is 2.47. The summed E-state index contributed by atoms with van der Waals surface area (Å²) in [6.07, 6.45) is 0.970. The molecule has 0 saturated carbocycles. The summed E-state index contributed by atoms with van der Waals surface area (Å²) in [6, 6.07) is 9.82. The lowest BCUT2D eigenvalue weighted by Crippen LogP contribution is -2.50. The van der Waals surface area contributed by atoms with Crippen LogP contribution in [0.5, 0.6) is 0 Å². The summed E-state index contributed by atoms with van der Waals surface area (Å²) in [5.74, 6) is -2.65. The van der Waals surface area contributed by atoms with E-state index in [1.165, 1.54) is 0 Å². The average molecular weight is 442 g/mol. The minimum Gasteiger partial charge on any atom is -0.480 e. The smallest absolute Gasteiger partial charge is 0.340 e. The SMILES string of the molecule is CCOP(=O)(CC(=O)NN(CC(=O)O)C(=O)CC(C)CCc1ccccc1)OCC. The summed E-state index contributed by atoms with van der Waals surface area (Å²) in [7, 11) is -3.67. The van der Waals surface area contributed by atoms with Gasteiger partial charge in [0, 0.05) is 6.42 Å². The maximum atomic E-state index is 12.6. The molecule has 0 aromatic heterocycles. The molecular weight excluding hydrogens is 411 g/mol. The van der Waals surface area contributed by atoms with Crippen molar-refractivity contribution in [3.8, 4) is 0 Å². The van der Waals surface area contributed by atoms with E-state index >= 15 is 0 Å². The minimum atomic E-state index is -3.67. The van der Waals surface area contributed by atoms with Gasteiger partial charge in [-0.15, -0.1) is 0 Å². The zero-order valence-electron chi connectivity index (χ0n) is 17.7. The van der Waals surface area contributed by atoms with Gasteiger partial charge in [0.15, 0.2) is 0 Å². The van der Waals surface area contributed by atoms with Gasteiger partial charge in [-0.05, 0) is 38.2 Å². The molecule has 0 radical (unpaired) electrons. The molecule has 0 aliphatic rings. The molecule has 10 heteroatoms. The lowest BCUT2D eigenvalue weighted by Gasteiger charge is -2.24. The predicted octanol–water partition coefficient (Wildman–Crippen LogP) is 2.86. The van der Waals surface area contributed by atoms with E-state index in [4.69, 9.17) is 14.2 Å². The van der Waals surface area contributed by atoms with E-state index in [-0.39, 0.29) is 25.6 Å². The molecule has 2 amide bonds. The van der Waals surface area contributed by atoms with Crippen molar-refractivity contribution in [1.29, 1.82) is 0 Å². The Morgan fingerprint density at radius 1 is 1.13 bits per heavy atom. The second-order valence-electron chi connectivity index (χ2n) is 6.85. The van der Waals surface area contributed by atoms with E-state index in [1.54, 1.807) is 13.8 Å². The van der Waals surface area contributed by atoms with E-state index in [2.05, 4.69) is 5.43 Å². The molecule has 1 atom stereocenters. The number of hydrogen-bond acceptors (Lipinski definition) is 6. The number of nitrogens with one attached hydrogen (secondary N) is 1. The van der Waals surface area contributed by atoms with E-state index < -0.39 is 38.1 Å². The van der Waals surface area contributed by atoms with E-state index in [0.717, 1.165) is 23.4 Å². The third-order valence-electron chi connectivity index (χ3n) is 4.13. The Bertz CT molecular complexity index is 732. The topological polar surface area (TPSA) is 122 Å². The first-order chi connectivity index (χ1) is 14.2. The van der Waals surface area contributed by atoms with Crippen molar-refractivity contribution >= 4 is 25.4 Å². The lowest BCUT2D eigenvalue weighted by molar-refractivity contribution is -0.149. The van der Waals surface area contributed by atoms with Crippen LogP contribution < -0.4 is 5.43 Å². The Labute approximate surface area is 177 Å². The van der Waals surface area contributed by atoms with Crippen LogP contribution in [-0.4, -0.2) is 53.8 Å². The molecule has 1 rings (SSSR count). The van der Waals surface area contributed by atoms with Gasteiger partial charge in [0.1, 0.15) is 12.7 Å². The van der Waals surface area contributed by atoms with Gasteiger partial charge in [-0.3, -0.25) is 24.4 Å². The fourth-order valence-electron chi connectivity index (χ4n) is 2.78. The van der Waals surface area contributed by atoms with Gasteiger partial charge in [-0.1, -0.05) is 37.3 Å². The highest BCUT2D eigenvalue weighted by atomic mass is 31.2. The van der Waals surface area contributed by atoms with E-state index in [1.807, 2.05) is 37.3 Å². The molecule has 0 spiro atoms. The summed E-state index contributed by atoms with van der Waals surface area (Å²) in [4.78, 5) is 36.0. The van der Waals surface area contributed by atoms with Crippen LogP contribution in [-0.2, 0) is 34.4 Å². The molecule has 168 valence electrons. The van der Waals surface area contributed by atoms with Crippen molar-refractivity contribution < 1.29 is 33.1 Å². The molecule has 30 heavy (non-hydrogen) atoms. The van der Waals surface area contributed by atoms with Crippen molar-refractivity contribution in [3.05, 3.63) is 35.9 Å². The fourth-order valence-corrected chi connectivity index (χ4v) is 4.24. The molecule has 2 N–H and O–H groups in total. The first kappa shape index (κ1) is 25.8. The van der Waals surface area contributed by atoms with Gasteiger partial charge in [-0.2, -0.15) is 0 Å². The van der Waals surface area contributed by atoms with Gasteiger partial charge in [0.2, 0.25) is 5.91 Å². The van der Waals surface area contributed by atoms with Crippen molar-refractivity contribution in [3.63, 3.8) is 0 Å². The molecular formula is C20H31N2O7P. The quantitative estimate of drug-likeness (QED) is 0.356. The van der Waals surface area contributed by atoms with Gasteiger partial charge in [0.25, 0.3) is 5.91 Å². The Morgan fingerprint density at radius 3 is 2.27 bits per heavy atom. The zero-order chi connectivity index (χ0) is 22.6. The first-order valence-corrected chi connectivity index (χ1v) is 11.7. The van der Waals surface area contributed by atoms with Crippen LogP contribution in [0.1, 0.15) is 39.2 Å². The van der Waals surface area contributed by atoms with Crippen molar-refractivity contribution in [2.45, 2.75) is 40.0 Å². The van der Waals surface area contributed by atoms with Crippen LogP contribution in [0.2, 0.25) is 0 Å². The standard InChI is InChI=1S/C20H31N2O7P/c1-4-28-30(27,29-5-2)15-18(23)21-22(14-20(25)26)19(24)13-16(3)11-12-17-9-7-6-8-10-17/h6-10,16H,4-5,11-15H2,1-3H3,(H,21,23)(H,25,26). The summed E-state index contributed by atoms with van der Waals surface area (Å²) >= 11 is 0. The van der Waals surface area contributed by atoms with Crippen molar-refractivity contribution in [2.24, 2.45) is 5.92 Å². The Morgan fingerprint density at radius 2 is 1.73 bits per heavy atom. The number of nitrogens with zero attached hydrogens (tertiary/aromatic N) is 1. The number of carbonyl (C=O) groups is 3. The second-order valence-corrected chi connectivity index (χ2v) is 8.90. The van der Waals surface area contributed by atoms with E-state index in [0.29, 0.717) is 0 Å². The Hall–Kier alpha value is -2.22. The molecule has 0 heterocycles. The lowest BCUT2D eigenvalue weighted by atomic mass is 9.98. The fraction of sp³-hybridized carbons (Fsp3) is 0.550. The number of carbonyl (C=O) groups excluding carboxylic acids is 2. The number of aliphatic carboxylic acids is 1. The molecule has 0 aliphatic carbocycles. The highest BCUT2D eigenvalue weighted by molar-refractivity contribution is 7.54. The zero-order valence-corrected chi connectivity index (χ0v) is 18.6. The van der Waals surface area contributed by atoms with Crippen LogP contribution in [0.25, 0.3) is 0 Å². The number of rotatable bonds is 13. The number of hydrogen-bond donors (Lipinski definition) is 2. The normalized spacial score (nSPS) is 12.2. The number of benzene rings is 1. The second kappa shape index (κ2) is 13.2. The minimum absolute atomic E-state index is 0.0242. The molecule has 1 unspecified atom stereocenters. The molecule has 1 aromatic carbocycles. The highest BCUT2D eigenvalue weighted by Gasteiger charge is 2.30. The summed E-state index contributed by atoms with van der Waals surface area (Å²) in [6.45, 7) is 4.58. The summed E-state index contributed by atoms with van der Waals surface area (Å²) in [5.41, 5.74) is 3.38. The van der Waals surface area contributed by atoms with Gasteiger partial charge >= 0.3 is 13.6 Å². The number of amides is 2.